The van der Waals surface area contributed by atoms with Gasteiger partial charge in [-0.25, -0.2) is 0 Å². The molecule has 5 heteroatoms. The summed E-state index contributed by atoms with van der Waals surface area (Å²) in [6, 6.07) is 5.77. The molecule has 0 amide bonds. The second-order valence-corrected chi connectivity index (χ2v) is 4.17. The van der Waals surface area contributed by atoms with Gasteiger partial charge in [0.2, 0.25) is 0 Å². The smallest absolute Gasteiger partial charge is 0.0916 e. The van der Waals surface area contributed by atoms with Crippen LogP contribution in [0.4, 0.5) is 0 Å². The molecule has 1 aromatic carbocycles. The van der Waals surface area contributed by atoms with Crippen molar-refractivity contribution in [1.82, 2.24) is 5.48 Å². The van der Waals surface area contributed by atoms with E-state index in [9.17, 15) is 0 Å². The molecule has 0 aliphatic rings. The van der Waals surface area contributed by atoms with Crippen LogP contribution < -0.4 is 5.48 Å². The maximum absolute atomic E-state index is 5.94. The Hall–Kier alpha value is -0.130. The number of hydroxylamine groups is 1. The molecule has 84 valence electrons. The predicted octanol–water partition coefficient (Wildman–Crippen LogP) is 2.77. The van der Waals surface area contributed by atoms with Crippen molar-refractivity contribution in [1.29, 1.82) is 0 Å². The van der Waals surface area contributed by atoms with Gasteiger partial charge >= 0.3 is 0 Å². The average molecular weight is 295 g/mol. The molecule has 0 aliphatic heterocycles. The first-order chi connectivity index (χ1) is 7.24. The third-order valence-electron chi connectivity index (χ3n) is 1.75. The molecule has 1 aromatic rings. The van der Waals surface area contributed by atoms with Gasteiger partial charge in [-0.05, 0) is 33.6 Å². The van der Waals surface area contributed by atoms with Crippen LogP contribution in [-0.4, -0.2) is 20.3 Å². The zero-order chi connectivity index (χ0) is 11.1. The third-order valence-corrected chi connectivity index (χ3v) is 2.98. The fourth-order valence-electron chi connectivity index (χ4n) is 0.981. The van der Waals surface area contributed by atoms with Gasteiger partial charge in [-0.1, -0.05) is 17.7 Å². The van der Waals surface area contributed by atoms with E-state index >= 15 is 0 Å². The van der Waals surface area contributed by atoms with Crippen LogP contribution in [-0.2, 0) is 16.1 Å². The lowest BCUT2D eigenvalue weighted by Gasteiger charge is -2.06. The molecule has 0 bridgehead atoms. The van der Waals surface area contributed by atoms with Crippen molar-refractivity contribution >= 4 is 27.5 Å². The van der Waals surface area contributed by atoms with Crippen molar-refractivity contribution in [2.45, 2.75) is 6.54 Å². The van der Waals surface area contributed by atoms with E-state index in [0.29, 0.717) is 24.8 Å². The van der Waals surface area contributed by atoms with Crippen molar-refractivity contribution < 1.29 is 9.57 Å². The number of rotatable bonds is 6. The Bertz CT molecular complexity index is 309. The first-order valence-electron chi connectivity index (χ1n) is 4.51. The maximum Gasteiger partial charge on any atom is 0.0916 e. The number of ether oxygens (including phenoxy) is 1. The molecule has 0 radical (unpaired) electrons. The Balaban J connectivity index is 2.28. The molecular formula is C10H13BrClNO2. The van der Waals surface area contributed by atoms with E-state index < -0.39 is 0 Å². The van der Waals surface area contributed by atoms with Crippen LogP contribution in [0.3, 0.4) is 0 Å². The fraction of sp³-hybridized carbons (Fsp3) is 0.400. The quantitative estimate of drug-likeness (QED) is 0.646. The molecule has 0 unspecified atom stereocenters. The van der Waals surface area contributed by atoms with Crippen LogP contribution in [0, 0.1) is 0 Å². The minimum Gasteiger partial charge on any atom is -0.382 e. The summed E-state index contributed by atoms with van der Waals surface area (Å²) in [5.41, 5.74) is 3.90. The van der Waals surface area contributed by atoms with Crippen LogP contribution in [0.5, 0.6) is 0 Å². The second-order valence-electron chi connectivity index (χ2n) is 2.91. The Kier molecular flexibility index (Phi) is 6.20. The fourth-order valence-corrected chi connectivity index (χ4v) is 1.43. The van der Waals surface area contributed by atoms with Crippen molar-refractivity contribution in [3.8, 4) is 0 Å². The van der Waals surface area contributed by atoms with Crippen molar-refractivity contribution in [3.05, 3.63) is 33.3 Å². The van der Waals surface area contributed by atoms with Crippen molar-refractivity contribution in [3.63, 3.8) is 0 Å². The summed E-state index contributed by atoms with van der Waals surface area (Å²) in [7, 11) is 1.64. The van der Waals surface area contributed by atoms with Crippen LogP contribution in [0.1, 0.15) is 5.56 Å². The highest BCUT2D eigenvalue weighted by Crippen LogP contribution is 2.22. The van der Waals surface area contributed by atoms with Gasteiger partial charge in [0, 0.05) is 18.1 Å². The lowest BCUT2D eigenvalue weighted by Crippen LogP contribution is -2.17. The van der Waals surface area contributed by atoms with Gasteiger partial charge in [0.05, 0.1) is 18.2 Å². The molecule has 0 saturated carbocycles. The first-order valence-corrected chi connectivity index (χ1v) is 5.68. The lowest BCUT2D eigenvalue weighted by atomic mass is 10.2. The van der Waals surface area contributed by atoms with E-state index in [1.54, 1.807) is 7.11 Å². The van der Waals surface area contributed by atoms with E-state index in [-0.39, 0.29) is 0 Å². The van der Waals surface area contributed by atoms with Crippen LogP contribution in [0.15, 0.2) is 22.7 Å². The summed E-state index contributed by atoms with van der Waals surface area (Å²) < 4.78 is 5.73. The summed E-state index contributed by atoms with van der Waals surface area (Å²) in [4.78, 5) is 5.12. The standard InChI is InChI=1S/C10H13BrClNO2/c1-14-4-5-15-13-7-8-2-3-9(11)10(12)6-8/h2-3,6,13H,4-5,7H2,1H3. The minimum atomic E-state index is 0.529. The molecule has 0 saturated heterocycles. The minimum absolute atomic E-state index is 0.529. The second kappa shape index (κ2) is 7.19. The average Bonchev–Trinajstić information content (AvgIpc) is 2.23. The largest absolute Gasteiger partial charge is 0.382 e. The summed E-state index contributed by atoms with van der Waals surface area (Å²) in [6.07, 6.45) is 0. The summed E-state index contributed by atoms with van der Waals surface area (Å²) in [5.74, 6) is 0. The normalized spacial score (nSPS) is 10.6. The van der Waals surface area contributed by atoms with E-state index in [4.69, 9.17) is 21.2 Å². The molecule has 15 heavy (non-hydrogen) atoms. The molecule has 0 fully saturated rings. The van der Waals surface area contributed by atoms with Gasteiger partial charge in [0.25, 0.3) is 0 Å². The van der Waals surface area contributed by atoms with Gasteiger partial charge in [0.15, 0.2) is 0 Å². The number of hydrogen-bond donors (Lipinski definition) is 1. The van der Waals surface area contributed by atoms with Crippen molar-refractivity contribution in [2.75, 3.05) is 20.3 Å². The number of nitrogens with one attached hydrogen (secondary N) is 1. The third kappa shape index (κ3) is 4.95. The number of hydrogen-bond acceptors (Lipinski definition) is 3. The highest BCUT2D eigenvalue weighted by molar-refractivity contribution is 9.10. The number of methoxy groups -OCH3 is 1. The SMILES string of the molecule is COCCONCc1ccc(Br)c(Cl)c1. The number of halogens is 2. The summed E-state index contributed by atoms with van der Waals surface area (Å²) in [5, 5.41) is 0.700. The molecule has 3 nitrogen and oxygen atoms in total. The topological polar surface area (TPSA) is 30.5 Å². The van der Waals surface area contributed by atoms with E-state index in [1.807, 2.05) is 18.2 Å². The van der Waals surface area contributed by atoms with Crippen molar-refractivity contribution in [2.24, 2.45) is 0 Å². The van der Waals surface area contributed by atoms with Crippen LogP contribution in [0.2, 0.25) is 5.02 Å². The van der Waals surface area contributed by atoms with Gasteiger partial charge in [-0.15, -0.1) is 0 Å². The highest BCUT2D eigenvalue weighted by atomic mass is 79.9. The van der Waals surface area contributed by atoms with Gasteiger partial charge in [0.1, 0.15) is 0 Å². The van der Waals surface area contributed by atoms with Gasteiger partial charge < -0.3 is 4.74 Å². The first kappa shape index (κ1) is 12.9. The summed E-state index contributed by atoms with van der Waals surface area (Å²) >= 11 is 9.27. The van der Waals surface area contributed by atoms with Gasteiger partial charge in [-0.3, -0.25) is 4.84 Å². The molecule has 0 aromatic heterocycles. The summed E-state index contributed by atoms with van der Waals surface area (Å²) in [6.45, 7) is 1.73. The molecule has 1 rings (SSSR count). The van der Waals surface area contributed by atoms with E-state index in [0.717, 1.165) is 10.0 Å². The maximum atomic E-state index is 5.94. The van der Waals surface area contributed by atoms with Crippen LogP contribution >= 0.6 is 27.5 Å². The monoisotopic (exact) mass is 293 g/mol. The van der Waals surface area contributed by atoms with Gasteiger partial charge in [-0.2, -0.15) is 5.48 Å². The molecular weight excluding hydrogens is 281 g/mol. The molecule has 0 spiro atoms. The van der Waals surface area contributed by atoms with E-state index in [2.05, 4.69) is 21.4 Å². The zero-order valence-corrected chi connectivity index (χ0v) is 10.8. The zero-order valence-electron chi connectivity index (χ0n) is 8.43. The highest BCUT2D eigenvalue weighted by Gasteiger charge is 1.98. The predicted molar refractivity (Wildman–Crippen MR) is 63.8 cm³/mol. The Morgan fingerprint density at radius 3 is 2.87 bits per heavy atom. The van der Waals surface area contributed by atoms with Crippen LogP contribution in [0.25, 0.3) is 0 Å². The molecule has 0 aliphatic carbocycles. The molecule has 1 N–H and O–H groups in total. The van der Waals surface area contributed by atoms with E-state index in [1.165, 1.54) is 0 Å². The Morgan fingerprint density at radius 1 is 1.40 bits per heavy atom. The number of benzene rings is 1. The molecule has 0 atom stereocenters. The lowest BCUT2D eigenvalue weighted by molar-refractivity contribution is 0.00346. The molecule has 0 heterocycles. The Labute approximate surface area is 103 Å². The Morgan fingerprint density at radius 2 is 2.20 bits per heavy atom.